The summed E-state index contributed by atoms with van der Waals surface area (Å²) in [5.41, 5.74) is 2.90. The Morgan fingerprint density at radius 3 is 2.45 bits per heavy atom. The number of nitrogens with one attached hydrogen (secondary N) is 2. The molecule has 0 heterocycles. The van der Waals surface area contributed by atoms with Gasteiger partial charge in [-0.15, -0.1) is 0 Å². The molecule has 0 aromatic heterocycles. The Labute approximate surface area is 69.9 Å². The van der Waals surface area contributed by atoms with Crippen molar-refractivity contribution >= 4 is 17.3 Å². The van der Waals surface area contributed by atoms with E-state index in [0.717, 1.165) is 5.69 Å². The van der Waals surface area contributed by atoms with Crippen LogP contribution in [0.1, 0.15) is 0 Å². The first-order chi connectivity index (χ1) is 5.33. The minimum absolute atomic E-state index is 0.321. The van der Waals surface area contributed by atoms with Crippen molar-refractivity contribution in [2.75, 3.05) is 12.0 Å². The zero-order valence-electron chi connectivity index (χ0n) is 5.84. The van der Waals surface area contributed by atoms with Gasteiger partial charge < -0.3 is 10.5 Å². The van der Waals surface area contributed by atoms with Crippen LogP contribution >= 0.6 is 11.6 Å². The average molecular weight is 173 g/mol. The summed E-state index contributed by atoms with van der Waals surface area (Å²) >= 11 is 5.65. The van der Waals surface area contributed by atoms with Crippen molar-refractivity contribution < 1.29 is 5.21 Å². The number of hydrogen-bond acceptors (Lipinski definition) is 3. The van der Waals surface area contributed by atoms with Crippen molar-refractivity contribution in [1.29, 1.82) is 0 Å². The predicted molar refractivity (Wildman–Crippen MR) is 44.9 cm³/mol. The van der Waals surface area contributed by atoms with Gasteiger partial charge in [-0.2, -0.15) is 5.48 Å². The lowest BCUT2D eigenvalue weighted by Crippen LogP contribution is -2.17. The summed E-state index contributed by atoms with van der Waals surface area (Å²) in [5, 5.41) is 11.8. The molecular formula is C7H9ClN2O. The smallest absolute Gasteiger partial charge is 0.0886 e. The lowest BCUT2D eigenvalue weighted by Gasteiger charge is -2.03. The van der Waals surface area contributed by atoms with Crippen molar-refractivity contribution in [2.24, 2.45) is 0 Å². The maximum Gasteiger partial charge on any atom is 0.0886 e. The molecule has 0 spiro atoms. The van der Waals surface area contributed by atoms with Gasteiger partial charge in [0.05, 0.1) is 6.67 Å². The van der Waals surface area contributed by atoms with Gasteiger partial charge in [0.1, 0.15) is 0 Å². The van der Waals surface area contributed by atoms with Crippen molar-refractivity contribution in [3.05, 3.63) is 29.3 Å². The lowest BCUT2D eigenvalue weighted by atomic mass is 10.3. The van der Waals surface area contributed by atoms with E-state index in [9.17, 15) is 0 Å². The zero-order chi connectivity index (χ0) is 8.10. The summed E-state index contributed by atoms with van der Waals surface area (Å²) in [4.78, 5) is 0. The Morgan fingerprint density at radius 1 is 1.27 bits per heavy atom. The van der Waals surface area contributed by atoms with Crippen LogP contribution in [0.4, 0.5) is 5.69 Å². The minimum atomic E-state index is 0.321. The number of hydrogen-bond donors (Lipinski definition) is 3. The number of benzene rings is 1. The molecule has 0 amide bonds. The fourth-order valence-electron chi connectivity index (χ4n) is 0.709. The molecule has 0 bridgehead atoms. The van der Waals surface area contributed by atoms with Crippen molar-refractivity contribution in [3.8, 4) is 0 Å². The molecule has 0 aliphatic carbocycles. The molecule has 0 unspecified atom stereocenters. The molecule has 3 nitrogen and oxygen atoms in total. The number of halogens is 1. The van der Waals surface area contributed by atoms with Crippen molar-refractivity contribution in [2.45, 2.75) is 0 Å². The van der Waals surface area contributed by atoms with Crippen LogP contribution in [0, 0.1) is 0 Å². The Morgan fingerprint density at radius 2 is 1.91 bits per heavy atom. The second-order valence-electron chi connectivity index (χ2n) is 2.02. The molecule has 0 aliphatic heterocycles. The first-order valence-electron chi connectivity index (χ1n) is 3.19. The molecular weight excluding hydrogens is 164 g/mol. The van der Waals surface area contributed by atoms with Gasteiger partial charge in [-0.1, -0.05) is 11.6 Å². The van der Waals surface area contributed by atoms with Gasteiger partial charge in [0, 0.05) is 10.7 Å². The minimum Gasteiger partial charge on any atom is -0.371 e. The highest BCUT2D eigenvalue weighted by Gasteiger charge is 1.88. The van der Waals surface area contributed by atoms with Crippen molar-refractivity contribution in [1.82, 2.24) is 5.48 Å². The molecule has 0 saturated carbocycles. The molecule has 1 aromatic rings. The van der Waals surface area contributed by atoms with Crippen LogP contribution in [0.25, 0.3) is 0 Å². The Balaban J connectivity index is 2.52. The molecule has 1 aromatic carbocycles. The fourth-order valence-corrected chi connectivity index (χ4v) is 0.835. The standard InChI is InChI=1S/C7H9ClN2O/c8-6-1-3-7(4-2-6)9-5-10-11/h1-4,9-11H,5H2. The van der Waals surface area contributed by atoms with Crippen LogP contribution in [0.2, 0.25) is 5.02 Å². The summed E-state index contributed by atoms with van der Waals surface area (Å²) in [6.45, 7) is 0.321. The summed E-state index contributed by atoms with van der Waals surface area (Å²) in [5.74, 6) is 0. The maximum absolute atomic E-state index is 8.24. The second kappa shape index (κ2) is 4.18. The van der Waals surface area contributed by atoms with Gasteiger partial charge in [0.25, 0.3) is 0 Å². The van der Waals surface area contributed by atoms with Crippen LogP contribution in [0.15, 0.2) is 24.3 Å². The Kier molecular flexibility index (Phi) is 3.16. The summed E-state index contributed by atoms with van der Waals surface area (Å²) in [6, 6.07) is 7.22. The highest BCUT2D eigenvalue weighted by molar-refractivity contribution is 6.30. The molecule has 0 atom stereocenters. The van der Waals surface area contributed by atoms with E-state index in [1.165, 1.54) is 0 Å². The molecule has 0 radical (unpaired) electrons. The van der Waals surface area contributed by atoms with E-state index < -0.39 is 0 Å². The molecule has 11 heavy (non-hydrogen) atoms. The van der Waals surface area contributed by atoms with Crippen molar-refractivity contribution in [3.63, 3.8) is 0 Å². The summed E-state index contributed by atoms with van der Waals surface area (Å²) in [7, 11) is 0. The van der Waals surface area contributed by atoms with Crippen LogP contribution in [-0.4, -0.2) is 11.9 Å². The first kappa shape index (κ1) is 8.33. The van der Waals surface area contributed by atoms with E-state index in [0.29, 0.717) is 11.7 Å². The van der Waals surface area contributed by atoms with Gasteiger partial charge >= 0.3 is 0 Å². The SMILES string of the molecule is ONCNc1ccc(Cl)cc1. The maximum atomic E-state index is 8.24. The first-order valence-corrected chi connectivity index (χ1v) is 3.57. The van der Waals surface area contributed by atoms with E-state index in [4.69, 9.17) is 16.8 Å². The summed E-state index contributed by atoms with van der Waals surface area (Å²) in [6.07, 6.45) is 0. The third kappa shape index (κ3) is 2.76. The Bertz CT molecular complexity index is 212. The fraction of sp³-hybridized carbons (Fsp3) is 0.143. The van der Waals surface area contributed by atoms with Crippen LogP contribution < -0.4 is 10.8 Å². The third-order valence-electron chi connectivity index (χ3n) is 1.22. The summed E-state index contributed by atoms with van der Waals surface area (Å²) < 4.78 is 0. The molecule has 4 heteroatoms. The lowest BCUT2D eigenvalue weighted by molar-refractivity contribution is 0.175. The molecule has 60 valence electrons. The predicted octanol–water partition coefficient (Wildman–Crippen LogP) is 1.69. The van der Waals surface area contributed by atoms with E-state index in [2.05, 4.69) is 5.32 Å². The number of anilines is 1. The number of hydroxylamine groups is 1. The van der Waals surface area contributed by atoms with Crippen LogP contribution in [0.5, 0.6) is 0 Å². The van der Waals surface area contributed by atoms with Gasteiger partial charge in [0.2, 0.25) is 0 Å². The van der Waals surface area contributed by atoms with Gasteiger partial charge in [0.15, 0.2) is 0 Å². The monoisotopic (exact) mass is 172 g/mol. The third-order valence-corrected chi connectivity index (χ3v) is 1.47. The average Bonchev–Trinajstić information content (AvgIpc) is 2.04. The van der Waals surface area contributed by atoms with Gasteiger partial charge in [-0.3, -0.25) is 0 Å². The van der Waals surface area contributed by atoms with E-state index in [-0.39, 0.29) is 0 Å². The number of rotatable bonds is 3. The van der Waals surface area contributed by atoms with Gasteiger partial charge in [-0.05, 0) is 24.3 Å². The molecule has 0 saturated heterocycles. The topological polar surface area (TPSA) is 44.3 Å². The van der Waals surface area contributed by atoms with E-state index in [1.807, 2.05) is 17.6 Å². The Hall–Kier alpha value is -0.770. The zero-order valence-corrected chi connectivity index (χ0v) is 6.60. The highest BCUT2D eigenvalue weighted by Crippen LogP contribution is 2.12. The highest BCUT2D eigenvalue weighted by atomic mass is 35.5. The van der Waals surface area contributed by atoms with Gasteiger partial charge in [-0.25, -0.2) is 0 Å². The van der Waals surface area contributed by atoms with E-state index >= 15 is 0 Å². The van der Waals surface area contributed by atoms with E-state index in [1.54, 1.807) is 12.1 Å². The molecule has 3 N–H and O–H groups in total. The second-order valence-corrected chi connectivity index (χ2v) is 2.45. The van der Waals surface area contributed by atoms with Crippen LogP contribution in [0.3, 0.4) is 0 Å². The molecule has 1 rings (SSSR count). The normalized spacial score (nSPS) is 9.64. The molecule has 0 fully saturated rings. The van der Waals surface area contributed by atoms with Crippen LogP contribution in [-0.2, 0) is 0 Å². The quantitative estimate of drug-likeness (QED) is 0.480. The molecule has 0 aliphatic rings. The largest absolute Gasteiger partial charge is 0.371 e.